The molecule has 0 atom stereocenters. The molecule has 2 aliphatic rings. The number of rotatable bonds is 4. The summed E-state index contributed by atoms with van der Waals surface area (Å²) in [5, 5.41) is 6.35. The van der Waals surface area contributed by atoms with Gasteiger partial charge in [0.05, 0.1) is 35.5 Å². The van der Waals surface area contributed by atoms with Crippen molar-refractivity contribution in [2.75, 3.05) is 61.5 Å². The molecule has 0 saturated carbocycles. The van der Waals surface area contributed by atoms with E-state index >= 15 is 0 Å². The molecule has 2 aliphatic heterocycles. The van der Waals surface area contributed by atoms with Crippen molar-refractivity contribution in [2.45, 2.75) is 0 Å². The van der Waals surface area contributed by atoms with E-state index in [2.05, 4.69) is 36.5 Å². The fraction of sp³-hybridized carbons (Fsp3) is 0.292. The van der Waals surface area contributed by atoms with Gasteiger partial charge in [0.25, 0.3) is 5.91 Å². The maximum absolute atomic E-state index is 13.1. The Morgan fingerprint density at radius 2 is 1.97 bits per heavy atom. The number of piperazine rings is 1. The molecule has 8 heteroatoms. The molecule has 1 aromatic carbocycles. The van der Waals surface area contributed by atoms with Gasteiger partial charge < -0.3 is 25.2 Å². The van der Waals surface area contributed by atoms with Gasteiger partial charge in [0.15, 0.2) is 0 Å². The Kier molecular flexibility index (Phi) is 5.60. The molecule has 0 unspecified atom stereocenters. The lowest BCUT2D eigenvalue weighted by Crippen LogP contribution is -2.43. The fourth-order valence-electron chi connectivity index (χ4n) is 4.08. The van der Waals surface area contributed by atoms with Gasteiger partial charge in [-0.15, -0.1) is 0 Å². The van der Waals surface area contributed by atoms with Crippen molar-refractivity contribution >= 4 is 23.0 Å². The molecular weight excluding hydrogens is 404 g/mol. The normalized spacial score (nSPS) is 15.7. The number of amides is 1. The van der Waals surface area contributed by atoms with E-state index in [1.165, 1.54) is 0 Å². The highest BCUT2D eigenvalue weighted by Gasteiger charge is 2.19. The SMILES string of the molecule is CN1CCOc2ccc(-c3cccc(C(=O)Nc4cnccc4N4CCNCC4)n3)cc21. The van der Waals surface area contributed by atoms with Gasteiger partial charge in [-0.3, -0.25) is 9.78 Å². The van der Waals surface area contributed by atoms with Crippen molar-refractivity contribution in [3.63, 3.8) is 0 Å². The number of fused-ring (bicyclic) bond motifs is 1. The minimum absolute atomic E-state index is 0.255. The fourth-order valence-corrected chi connectivity index (χ4v) is 4.08. The molecule has 3 aromatic rings. The Morgan fingerprint density at radius 1 is 1.09 bits per heavy atom. The average Bonchev–Trinajstić information content (AvgIpc) is 2.85. The Labute approximate surface area is 187 Å². The second kappa shape index (κ2) is 8.84. The zero-order valence-electron chi connectivity index (χ0n) is 18.0. The van der Waals surface area contributed by atoms with Crippen molar-refractivity contribution in [2.24, 2.45) is 0 Å². The maximum Gasteiger partial charge on any atom is 0.274 e. The summed E-state index contributed by atoms with van der Waals surface area (Å²) in [6.07, 6.45) is 3.45. The van der Waals surface area contributed by atoms with E-state index < -0.39 is 0 Å². The molecule has 0 spiro atoms. The maximum atomic E-state index is 13.1. The molecular formula is C24H26N6O2. The van der Waals surface area contributed by atoms with E-state index in [4.69, 9.17) is 4.74 Å². The number of likely N-dealkylation sites (N-methyl/N-ethyl adjacent to an activating group) is 1. The van der Waals surface area contributed by atoms with Gasteiger partial charge in [-0.1, -0.05) is 6.07 Å². The lowest BCUT2D eigenvalue weighted by molar-refractivity contribution is 0.102. The van der Waals surface area contributed by atoms with E-state index in [9.17, 15) is 4.79 Å². The number of benzene rings is 1. The van der Waals surface area contributed by atoms with Crippen molar-refractivity contribution in [3.8, 4) is 17.0 Å². The molecule has 1 amide bonds. The third-order valence-electron chi connectivity index (χ3n) is 5.84. The van der Waals surface area contributed by atoms with Gasteiger partial charge in [-0.2, -0.15) is 0 Å². The second-order valence-corrected chi connectivity index (χ2v) is 7.94. The number of hydrogen-bond donors (Lipinski definition) is 2. The van der Waals surface area contributed by atoms with E-state index in [1.807, 2.05) is 37.4 Å². The molecule has 4 heterocycles. The summed E-state index contributed by atoms with van der Waals surface area (Å²) in [5.74, 6) is 0.614. The van der Waals surface area contributed by atoms with Crippen LogP contribution in [0.2, 0.25) is 0 Å². The summed E-state index contributed by atoms with van der Waals surface area (Å²) < 4.78 is 5.73. The van der Waals surface area contributed by atoms with Crippen LogP contribution < -0.4 is 25.2 Å². The summed E-state index contributed by atoms with van der Waals surface area (Å²) in [6.45, 7) is 5.13. The summed E-state index contributed by atoms with van der Waals surface area (Å²) in [7, 11) is 2.05. The predicted molar refractivity (Wildman–Crippen MR) is 126 cm³/mol. The predicted octanol–water partition coefficient (Wildman–Crippen LogP) is 2.63. The minimum atomic E-state index is -0.255. The highest BCUT2D eigenvalue weighted by atomic mass is 16.5. The molecule has 32 heavy (non-hydrogen) atoms. The summed E-state index contributed by atoms with van der Waals surface area (Å²) in [4.78, 5) is 26.3. The van der Waals surface area contributed by atoms with Gasteiger partial charge in [-0.05, 0) is 36.4 Å². The van der Waals surface area contributed by atoms with Crippen LogP contribution in [-0.2, 0) is 0 Å². The summed E-state index contributed by atoms with van der Waals surface area (Å²) in [6, 6.07) is 13.4. The smallest absolute Gasteiger partial charge is 0.274 e. The molecule has 0 bridgehead atoms. The highest BCUT2D eigenvalue weighted by molar-refractivity contribution is 6.04. The second-order valence-electron chi connectivity index (χ2n) is 7.94. The number of pyridine rings is 2. The van der Waals surface area contributed by atoms with Crippen molar-refractivity contribution < 1.29 is 9.53 Å². The Bertz CT molecular complexity index is 1130. The lowest BCUT2D eigenvalue weighted by atomic mass is 10.1. The molecule has 2 aromatic heterocycles. The topological polar surface area (TPSA) is 82.6 Å². The van der Waals surface area contributed by atoms with Crippen LogP contribution in [0.15, 0.2) is 54.9 Å². The van der Waals surface area contributed by atoms with Crippen LogP contribution in [-0.4, -0.2) is 62.3 Å². The van der Waals surface area contributed by atoms with Crippen LogP contribution in [0.3, 0.4) is 0 Å². The van der Waals surface area contributed by atoms with Gasteiger partial charge in [-0.25, -0.2) is 4.98 Å². The third-order valence-corrected chi connectivity index (χ3v) is 5.84. The van der Waals surface area contributed by atoms with E-state index in [0.29, 0.717) is 18.0 Å². The molecule has 5 rings (SSSR count). The van der Waals surface area contributed by atoms with E-state index in [0.717, 1.165) is 61.1 Å². The average molecular weight is 431 g/mol. The van der Waals surface area contributed by atoms with Crippen LogP contribution in [0, 0.1) is 0 Å². The number of ether oxygens (including phenoxy) is 1. The number of nitrogens with one attached hydrogen (secondary N) is 2. The number of hydrogen-bond acceptors (Lipinski definition) is 7. The number of anilines is 3. The monoisotopic (exact) mass is 430 g/mol. The number of carbonyl (C=O) groups excluding carboxylic acids is 1. The number of nitrogens with zero attached hydrogens (tertiary/aromatic N) is 4. The Hall–Kier alpha value is -3.65. The van der Waals surface area contributed by atoms with Crippen molar-refractivity contribution in [3.05, 3.63) is 60.6 Å². The molecule has 8 nitrogen and oxygen atoms in total. The third kappa shape index (κ3) is 4.09. The molecule has 1 fully saturated rings. The van der Waals surface area contributed by atoms with Gasteiger partial charge >= 0.3 is 0 Å². The zero-order chi connectivity index (χ0) is 21.9. The lowest BCUT2D eigenvalue weighted by Gasteiger charge is -2.30. The van der Waals surface area contributed by atoms with Crippen LogP contribution in [0.5, 0.6) is 5.75 Å². The molecule has 0 radical (unpaired) electrons. The molecule has 1 saturated heterocycles. The molecule has 2 N–H and O–H groups in total. The van der Waals surface area contributed by atoms with Crippen LogP contribution in [0.4, 0.5) is 17.1 Å². The first kappa shape index (κ1) is 20.3. The minimum Gasteiger partial charge on any atom is -0.490 e. The van der Waals surface area contributed by atoms with E-state index in [-0.39, 0.29) is 5.91 Å². The van der Waals surface area contributed by atoms with Crippen LogP contribution in [0.1, 0.15) is 10.5 Å². The summed E-state index contributed by atoms with van der Waals surface area (Å²) >= 11 is 0. The van der Waals surface area contributed by atoms with Crippen molar-refractivity contribution in [1.82, 2.24) is 15.3 Å². The van der Waals surface area contributed by atoms with Crippen molar-refractivity contribution in [1.29, 1.82) is 0 Å². The Morgan fingerprint density at radius 3 is 2.84 bits per heavy atom. The summed E-state index contributed by atoms with van der Waals surface area (Å²) in [5.41, 5.74) is 4.75. The first-order chi connectivity index (χ1) is 15.7. The van der Waals surface area contributed by atoms with E-state index in [1.54, 1.807) is 18.5 Å². The Balaban J connectivity index is 1.39. The van der Waals surface area contributed by atoms with Crippen LogP contribution >= 0.6 is 0 Å². The van der Waals surface area contributed by atoms with Gasteiger partial charge in [0.1, 0.15) is 18.1 Å². The zero-order valence-corrected chi connectivity index (χ0v) is 18.0. The highest BCUT2D eigenvalue weighted by Crippen LogP contribution is 2.34. The number of carbonyl (C=O) groups is 1. The van der Waals surface area contributed by atoms with Gasteiger partial charge in [0, 0.05) is 45.0 Å². The largest absolute Gasteiger partial charge is 0.490 e. The first-order valence-corrected chi connectivity index (χ1v) is 10.9. The number of aromatic nitrogens is 2. The first-order valence-electron chi connectivity index (χ1n) is 10.9. The standard InChI is InChI=1S/C24H26N6O2/c1-29-13-14-32-23-6-5-17(15-22(23)29)18-3-2-4-19(27-18)24(31)28-20-16-26-8-7-21(20)30-11-9-25-10-12-30/h2-8,15-16,25H,9-14H2,1H3,(H,28,31). The molecule has 164 valence electrons. The van der Waals surface area contributed by atoms with Gasteiger partial charge in [0.2, 0.25) is 0 Å². The quantitative estimate of drug-likeness (QED) is 0.658. The van der Waals surface area contributed by atoms with Crippen LogP contribution in [0.25, 0.3) is 11.3 Å². The molecule has 0 aliphatic carbocycles.